The Morgan fingerprint density at radius 3 is 2.05 bits per heavy atom. The van der Waals surface area contributed by atoms with E-state index in [1.165, 1.54) is 12.1 Å². The first-order valence-electron chi connectivity index (χ1n) is 13.1. The summed E-state index contributed by atoms with van der Waals surface area (Å²) < 4.78 is 83.4. The molecule has 38 heavy (non-hydrogen) atoms. The molecule has 0 aromatic heterocycles. The average molecular weight is 534 g/mol. The topological polar surface area (TPSA) is 3.24 Å². The molecule has 4 rings (SSSR count). The van der Waals surface area contributed by atoms with E-state index in [-0.39, 0.29) is 17.4 Å². The third-order valence-electron chi connectivity index (χ3n) is 7.37. The minimum atomic E-state index is -4.53. The van der Waals surface area contributed by atoms with Gasteiger partial charge in [0.25, 0.3) is 0 Å². The zero-order valence-electron chi connectivity index (χ0n) is 21.8. The van der Waals surface area contributed by atoms with Crippen molar-refractivity contribution in [3.05, 3.63) is 89.0 Å². The van der Waals surface area contributed by atoms with Crippen molar-refractivity contribution in [2.24, 2.45) is 5.92 Å². The lowest BCUT2D eigenvalue weighted by Gasteiger charge is -2.37. The third-order valence-corrected chi connectivity index (χ3v) is 7.37. The van der Waals surface area contributed by atoms with E-state index < -0.39 is 29.4 Å². The fourth-order valence-electron chi connectivity index (χ4n) is 5.68. The molecule has 1 aliphatic heterocycles. The lowest BCUT2D eigenvalue weighted by atomic mass is 9.79. The molecule has 0 spiro atoms. The van der Waals surface area contributed by atoms with Crippen molar-refractivity contribution in [3.63, 3.8) is 0 Å². The van der Waals surface area contributed by atoms with Crippen LogP contribution in [-0.4, -0.2) is 13.1 Å². The quantitative estimate of drug-likeness (QED) is 0.285. The maximum absolute atomic E-state index is 14.8. The van der Waals surface area contributed by atoms with Crippen molar-refractivity contribution in [3.8, 4) is 11.1 Å². The fraction of sp³-hybridized carbons (Fsp3) is 0.419. The first kappa shape index (κ1) is 28.1. The number of alkyl halides is 6. The number of piperidine rings is 1. The van der Waals surface area contributed by atoms with Gasteiger partial charge in [0.05, 0.1) is 11.1 Å². The van der Waals surface area contributed by atoms with Gasteiger partial charge >= 0.3 is 12.4 Å². The molecular formula is C31H33F6N. The minimum absolute atomic E-state index is 0.236. The summed E-state index contributed by atoms with van der Waals surface area (Å²) in [5, 5.41) is 0. The van der Waals surface area contributed by atoms with Crippen LogP contribution in [0.1, 0.15) is 74.1 Å². The summed E-state index contributed by atoms with van der Waals surface area (Å²) in [6.45, 7) is 6.77. The number of halogens is 6. The van der Waals surface area contributed by atoms with Gasteiger partial charge in [-0.2, -0.15) is 26.3 Å². The largest absolute Gasteiger partial charge is 0.416 e. The summed E-state index contributed by atoms with van der Waals surface area (Å²) in [6.07, 6.45) is -7.11. The SMILES string of the molecule is CC(C)CC(C)c1cc(-c2ccccc2)cc(C2CCCN(c3ccc(C(F)(F)F)cc3)C2)c1C(F)(F)F. The molecule has 0 radical (unpaired) electrons. The second-order valence-corrected chi connectivity index (χ2v) is 10.8. The summed E-state index contributed by atoms with van der Waals surface area (Å²) in [7, 11) is 0. The Morgan fingerprint density at radius 2 is 1.47 bits per heavy atom. The molecule has 1 heterocycles. The van der Waals surface area contributed by atoms with Crippen LogP contribution in [0.2, 0.25) is 0 Å². The molecule has 0 aliphatic carbocycles. The van der Waals surface area contributed by atoms with Gasteiger partial charge in [0.1, 0.15) is 0 Å². The summed E-state index contributed by atoms with van der Waals surface area (Å²) in [5.74, 6) is -0.459. The second kappa shape index (κ2) is 11.0. The highest BCUT2D eigenvalue weighted by molar-refractivity contribution is 5.67. The summed E-state index contributed by atoms with van der Waals surface area (Å²) in [6, 6.07) is 17.7. The molecule has 2 unspecified atom stereocenters. The van der Waals surface area contributed by atoms with Gasteiger partial charge in [0.2, 0.25) is 0 Å². The van der Waals surface area contributed by atoms with Crippen molar-refractivity contribution < 1.29 is 26.3 Å². The zero-order valence-corrected chi connectivity index (χ0v) is 21.8. The maximum atomic E-state index is 14.8. The van der Waals surface area contributed by atoms with Gasteiger partial charge in [-0.25, -0.2) is 0 Å². The van der Waals surface area contributed by atoms with Crippen LogP contribution in [0.15, 0.2) is 66.7 Å². The van der Waals surface area contributed by atoms with Crippen LogP contribution in [-0.2, 0) is 12.4 Å². The number of nitrogens with zero attached hydrogens (tertiary/aromatic N) is 1. The van der Waals surface area contributed by atoms with Gasteiger partial charge < -0.3 is 4.90 Å². The molecule has 1 saturated heterocycles. The highest BCUT2D eigenvalue weighted by Crippen LogP contribution is 2.46. The Hall–Kier alpha value is -2.96. The normalized spacial score (nSPS) is 17.6. The van der Waals surface area contributed by atoms with E-state index in [0.717, 1.165) is 23.3 Å². The lowest BCUT2D eigenvalue weighted by molar-refractivity contribution is -0.139. The molecule has 0 saturated carbocycles. The third kappa shape index (κ3) is 6.36. The Bertz CT molecular complexity index is 1210. The standard InChI is InChI=1S/C31H33F6N/c1-20(2)16-21(3)27-17-24(22-8-5-4-6-9-22)18-28(29(27)31(35,36)37)23-10-7-15-38(19-23)26-13-11-25(12-14-26)30(32,33)34/h4-6,8-9,11-14,17-18,20-21,23H,7,10,15-16,19H2,1-3H3. The highest BCUT2D eigenvalue weighted by atomic mass is 19.4. The van der Waals surface area contributed by atoms with Crippen molar-refractivity contribution in [2.45, 2.75) is 64.2 Å². The highest BCUT2D eigenvalue weighted by Gasteiger charge is 2.40. The van der Waals surface area contributed by atoms with E-state index in [2.05, 4.69) is 0 Å². The second-order valence-electron chi connectivity index (χ2n) is 10.8. The molecule has 7 heteroatoms. The van der Waals surface area contributed by atoms with Gasteiger partial charge in [-0.05, 0) is 77.6 Å². The number of anilines is 1. The van der Waals surface area contributed by atoms with Crippen LogP contribution in [0.3, 0.4) is 0 Å². The smallest absolute Gasteiger partial charge is 0.371 e. The molecule has 3 aromatic carbocycles. The van der Waals surface area contributed by atoms with Gasteiger partial charge in [-0.1, -0.05) is 63.2 Å². The molecule has 0 N–H and O–H groups in total. The molecule has 1 nitrogen and oxygen atoms in total. The fourth-order valence-corrected chi connectivity index (χ4v) is 5.68. The van der Waals surface area contributed by atoms with E-state index in [4.69, 9.17) is 0 Å². The number of benzene rings is 3. The Balaban J connectivity index is 1.79. The van der Waals surface area contributed by atoms with Crippen LogP contribution >= 0.6 is 0 Å². The predicted molar refractivity (Wildman–Crippen MR) is 140 cm³/mol. The Morgan fingerprint density at radius 1 is 0.816 bits per heavy atom. The van der Waals surface area contributed by atoms with Crippen molar-refractivity contribution in [2.75, 3.05) is 18.0 Å². The van der Waals surface area contributed by atoms with E-state index in [1.807, 2.05) is 56.0 Å². The molecule has 0 amide bonds. The molecule has 1 fully saturated rings. The van der Waals surface area contributed by atoms with Crippen molar-refractivity contribution in [1.82, 2.24) is 0 Å². The van der Waals surface area contributed by atoms with E-state index >= 15 is 0 Å². The summed E-state index contributed by atoms with van der Waals surface area (Å²) in [5.41, 5.74) is 1.50. The molecule has 1 aliphatic rings. The monoisotopic (exact) mass is 533 g/mol. The predicted octanol–water partition coefficient (Wildman–Crippen LogP) is 9.92. The van der Waals surface area contributed by atoms with Crippen molar-refractivity contribution >= 4 is 5.69 Å². The van der Waals surface area contributed by atoms with Crippen LogP contribution in [0.4, 0.5) is 32.0 Å². The van der Waals surface area contributed by atoms with Crippen LogP contribution < -0.4 is 4.90 Å². The van der Waals surface area contributed by atoms with Gasteiger partial charge in [-0.15, -0.1) is 0 Å². The molecule has 0 bridgehead atoms. The first-order valence-corrected chi connectivity index (χ1v) is 13.1. The van der Waals surface area contributed by atoms with Crippen LogP contribution in [0.5, 0.6) is 0 Å². The van der Waals surface area contributed by atoms with Crippen LogP contribution in [0, 0.1) is 5.92 Å². The Kier molecular flexibility index (Phi) is 8.15. The van der Waals surface area contributed by atoms with Gasteiger partial charge in [-0.3, -0.25) is 0 Å². The molecule has 204 valence electrons. The first-order chi connectivity index (χ1) is 17.8. The number of rotatable bonds is 6. The molecule has 2 atom stereocenters. The average Bonchev–Trinajstić information content (AvgIpc) is 2.87. The number of hydrogen-bond donors (Lipinski definition) is 0. The van der Waals surface area contributed by atoms with Crippen LogP contribution in [0.25, 0.3) is 11.1 Å². The minimum Gasteiger partial charge on any atom is -0.371 e. The van der Waals surface area contributed by atoms with E-state index in [1.54, 1.807) is 12.1 Å². The molecule has 3 aromatic rings. The lowest BCUT2D eigenvalue weighted by Crippen LogP contribution is -2.35. The van der Waals surface area contributed by atoms with Gasteiger partial charge in [0, 0.05) is 24.7 Å². The van der Waals surface area contributed by atoms with E-state index in [9.17, 15) is 26.3 Å². The summed E-state index contributed by atoms with van der Waals surface area (Å²) >= 11 is 0. The van der Waals surface area contributed by atoms with E-state index in [0.29, 0.717) is 43.6 Å². The van der Waals surface area contributed by atoms with Crippen molar-refractivity contribution in [1.29, 1.82) is 0 Å². The molecular weight excluding hydrogens is 500 g/mol. The maximum Gasteiger partial charge on any atom is 0.416 e. The summed E-state index contributed by atoms with van der Waals surface area (Å²) in [4.78, 5) is 1.90. The zero-order chi connectivity index (χ0) is 27.7. The Labute approximate surface area is 220 Å². The van der Waals surface area contributed by atoms with Gasteiger partial charge in [0.15, 0.2) is 0 Å². The number of hydrogen-bond acceptors (Lipinski definition) is 1.